The lowest BCUT2D eigenvalue weighted by Crippen LogP contribution is -2.29. The lowest BCUT2D eigenvalue weighted by molar-refractivity contribution is 0.173. The number of nitrogens with one attached hydrogen (secondary N) is 1. The molecule has 0 saturated carbocycles. The van der Waals surface area contributed by atoms with Crippen LogP contribution in [0.15, 0.2) is 24.5 Å². The Labute approximate surface area is 110 Å². The zero-order chi connectivity index (χ0) is 13.2. The molecule has 0 radical (unpaired) electrons. The van der Waals surface area contributed by atoms with Gasteiger partial charge in [-0.05, 0) is 19.1 Å². The van der Waals surface area contributed by atoms with Crippen molar-refractivity contribution < 1.29 is 9.13 Å². The average molecular weight is 262 g/mol. The molecule has 0 aliphatic carbocycles. The fourth-order valence-electron chi connectivity index (χ4n) is 2.30. The minimum atomic E-state index is -0.228. The van der Waals surface area contributed by atoms with Crippen LogP contribution in [-0.4, -0.2) is 33.2 Å². The first-order valence-corrected chi connectivity index (χ1v) is 6.25. The molecule has 1 atom stereocenters. The van der Waals surface area contributed by atoms with Crippen LogP contribution in [0.2, 0.25) is 0 Å². The van der Waals surface area contributed by atoms with Crippen LogP contribution < -0.4 is 4.74 Å². The van der Waals surface area contributed by atoms with E-state index in [0.717, 1.165) is 12.4 Å². The van der Waals surface area contributed by atoms with Gasteiger partial charge in [-0.3, -0.25) is 10.00 Å². The van der Waals surface area contributed by atoms with Crippen LogP contribution in [0.3, 0.4) is 0 Å². The third-order valence-corrected chi connectivity index (χ3v) is 3.45. The number of hydrogen-bond acceptors (Lipinski definition) is 4. The van der Waals surface area contributed by atoms with Gasteiger partial charge in [-0.15, -0.1) is 0 Å². The van der Waals surface area contributed by atoms with Crippen molar-refractivity contribution in [2.75, 3.05) is 13.2 Å². The lowest BCUT2D eigenvalue weighted by atomic mass is 10.1. The third-order valence-electron chi connectivity index (χ3n) is 3.45. The topological polar surface area (TPSA) is 54.0 Å². The van der Waals surface area contributed by atoms with Gasteiger partial charge in [0.1, 0.15) is 30.3 Å². The second kappa shape index (κ2) is 4.97. The van der Waals surface area contributed by atoms with Crippen molar-refractivity contribution in [3.8, 4) is 5.75 Å². The maximum absolute atomic E-state index is 13.9. The number of hydrogen-bond donors (Lipinski definition) is 1. The number of nitrogens with zero attached hydrogens (tertiary/aromatic N) is 3. The van der Waals surface area contributed by atoms with E-state index < -0.39 is 0 Å². The number of halogens is 1. The normalized spacial score (nSPS) is 17.4. The van der Waals surface area contributed by atoms with Crippen LogP contribution >= 0.6 is 0 Å². The third kappa shape index (κ3) is 2.31. The molecule has 100 valence electrons. The van der Waals surface area contributed by atoms with Crippen LogP contribution in [0, 0.1) is 5.82 Å². The van der Waals surface area contributed by atoms with E-state index in [1.807, 2.05) is 6.92 Å². The first-order valence-electron chi connectivity index (χ1n) is 6.25. The summed E-state index contributed by atoms with van der Waals surface area (Å²) < 4.78 is 19.5. The fraction of sp³-hybridized carbons (Fsp3) is 0.385. The van der Waals surface area contributed by atoms with Crippen molar-refractivity contribution in [2.45, 2.75) is 19.5 Å². The van der Waals surface area contributed by atoms with Gasteiger partial charge in [0.2, 0.25) is 0 Å². The molecule has 1 unspecified atom stereocenters. The van der Waals surface area contributed by atoms with E-state index in [1.165, 1.54) is 12.4 Å². The summed E-state index contributed by atoms with van der Waals surface area (Å²) in [6.45, 7) is 3.78. The van der Waals surface area contributed by atoms with Gasteiger partial charge in [-0.1, -0.05) is 6.07 Å². The van der Waals surface area contributed by atoms with Crippen molar-refractivity contribution in [3.63, 3.8) is 0 Å². The Morgan fingerprint density at radius 2 is 2.37 bits per heavy atom. The highest BCUT2D eigenvalue weighted by Crippen LogP contribution is 2.28. The van der Waals surface area contributed by atoms with Gasteiger partial charge in [0, 0.05) is 18.7 Å². The van der Waals surface area contributed by atoms with Crippen LogP contribution in [0.1, 0.15) is 24.4 Å². The smallest absolute Gasteiger partial charge is 0.141 e. The first-order chi connectivity index (χ1) is 9.25. The quantitative estimate of drug-likeness (QED) is 0.898. The predicted octanol–water partition coefficient (Wildman–Crippen LogP) is 1.90. The molecule has 1 aromatic heterocycles. The van der Waals surface area contributed by atoms with Gasteiger partial charge >= 0.3 is 0 Å². The molecule has 19 heavy (non-hydrogen) atoms. The molecule has 1 N–H and O–H groups in total. The predicted molar refractivity (Wildman–Crippen MR) is 67.1 cm³/mol. The summed E-state index contributed by atoms with van der Waals surface area (Å²) in [6.07, 6.45) is 1.48. The molecular weight excluding hydrogens is 247 g/mol. The zero-order valence-electron chi connectivity index (χ0n) is 10.6. The zero-order valence-corrected chi connectivity index (χ0v) is 10.6. The van der Waals surface area contributed by atoms with Crippen LogP contribution in [0.4, 0.5) is 4.39 Å². The standard InChI is InChI=1S/C13H15FN4O/c1-9(13-15-8-16-17-13)18-5-6-19-12-4-2-3-11(14)10(12)7-18/h2-4,8-9H,5-7H2,1H3,(H,15,16,17). The molecule has 2 heterocycles. The van der Waals surface area contributed by atoms with Gasteiger partial charge in [0.05, 0.1) is 6.04 Å². The summed E-state index contributed by atoms with van der Waals surface area (Å²) in [5.74, 6) is 1.18. The summed E-state index contributed by atoms with van der Waals surface area (Å²) in [5.41, 5.74) is 0.603. The van der Waals surface area contributed by atoms with Crippen LogP contribution in [0.5, 0.6) is 5.75 Å². The highest BCUT2D eigenvalue weighted by atomic mass is 19.1. The Balaban J connectivity index is 1.88. The summed E-state index contributed by atoms with van der Waals surface area (Å²) in [4.78, 5) is 6.28. The Hall–Kier alpha value is -1.95. The maximum Gasteiger partial charge on any atom is 0.141 e. The number of ether oxygens (including phenoxy) is 1. The fourth-order valence-corrected chi connectivity index (χ4v) is 2.30. The van der Waals surface area contributed by atoms with Gasteiger partial charge in [-0.25, -0.2) is 9.37 Å². The molecule has 0 fully saturated rings. The SMILES string of the molecule is CC(c1ncn[nH]1)N1CCOc2cccc(F)c2C1. The summed E-state index contributed by atoms with van der Waals surface area (Å²) in [6, 6.07) is 4.98. The Kier molecular flexibility index (Phi) is 3.16. The minimum absolute atomic E-state index is 0.0386. The number of aromatic amines is 1. The van der Waals surface area contributed by atoms with E-state index in [0.29, 0.717) is 24.5 Å². The molecule has 6 heteroatoms. The Bertz CT molecular complexity index is 558. The molecule has 1 aliphatic heterocycles. The molecular formula is C13H15FN4O. The molecule has 0 bridgehead atoms. The molecule has 1 aromatic carbocycles. The monoisotopic (exact) mass is 262 g/mol. The molecule has 0 spiro atoms. The minimum Gasteiger partial charge on any atom is -0.492 e. The number of H-pyrrole nitrogens is 1. The van der Waals surface area contributed by atoms with Gasteiger partial charge in [0.15, 0.2) is 0 Å². The highest BCUT2D eigenvalue weighted by molar-refractivity contribution is 5.35. The van der Waals surface area contributed by atoms with E-state index >= 15 is 0 Å². The molecule has 0 saturated heterocycles. The van der Waals surface area contributed by atoms with Gasteiger partial charge < -0.3 is 4.74 Å². The summed E-state index contributed by atoms with van der Waals surface area (Å²) >= 11 is 0. The summed E-state index contributed by atoms with van der Waals surface area (Å²) in [7, 11) is 0. The van der Waals surface area contributed by atoms with E-state index in [4.69, 9.17) is 4.74 Å². The highest BCUT2D eigenvalue weighted by Gasteiger charge is 2.24. The lowest BCUT2D eigenvalue weighted by Gasteiger charge is -2.25. The largest absolute Gasteiger partial charge is 0.492 e. The van der Waals surface area contributed by atoms with Crippen molar-refractivity contribution in [1.29, 1.82) is 0 Å². The van der Waals surface area contributed by atoms with Crippen molar-refractivity contribution in [1.82, 2.24) is 20.1 Å². The number of aromatic nitrogens is 3. The molecule has 2 aromatic rings. The van der Waals surface area contributed by atoms with E-state index in [1.54, 1.807) is 12.1 Å². The Morgan fingerprint density at radius 1 is 1.47 bits per heavy atom. The molecule has 5 nitrogen and oxygen atoms in total. The second-order valence-corrected chi connectivity index (χ2v) is 4.58. The second-order valence-electron chi connectivity index (χ2n) is 4.58. The van der Waals surface area contributed by atoms with Gasteiger partial charge in [0.25, 0.3) is 0 Å². The molecule has 0 amide bonds. The number of fused-ring (bicyclic) bond motifs is 1. The maximum atomic E-state index is 13.9. The molecule has 3 rings (SSSR count). The van der Waals surface area contributed by atoms with E-state index in [9.17, 15) is 4.39 Å². The van der Waals surface area contributed by atoms with E-state index in [2.05, 4.69) is 20.1 Å². The summed E-state index contributed by atoms with van der Waals surface area (Å²) in [5, 5.41) is 6.71. The van der Waals surface area contributed by atoms with Crippen molar-refractivity contribution >= 4 is 0 Å². The van der Waals surface area contributed by atoms with E-state index in [-0.39, 0.29) is 11.9 Å². The Morgan fingerprint density at radius 3 is 3.16 bits per heavy atom. The molecule has 1 aliphatic rings. The first kappa shape index (κ1) is 12.1. The van der Waals surface area contributed by atoms with Gasteiger partial charge in [-0.2, -0.15) is 5.10 Å². The van der Waals surface area contributed by atoms with Crippen molar-refractivity contribution in [3.05, 3.63) is 41.7 Å². The number of benzene rings is 1. The average Bonchev–Trinajstić information content (AvgIpc) is 2.85. The van der Waals surface area contributed by atoms with Crippen molar-refractivity contribution in [2.24, 2.45) is 0 Å². The number of rotatable bonds is 2. The van der Waals surface area contributed by atoms with Crippen LogP contribution in [0.25, 0.3) is 0 Å². The van der Waals surface area contributed by atoms with Crippen LogP contribution in [-0.2, 0) is 6.54 Å².